The third-order valence-corrected chi connectivity index (χ3v) is 6.41. The molecule has 2 N–H and O–H groups in total. The second kappa shape index (κ2) is 9.96. The average Bonchev–Trinajstić information content (AvgIpc) is 2.69. The molecule has 1 atom stereocenters. The van der Waals surface area contributed by atoms with Crippen LogP contribution in [-0.4, -0.2) is 78.5 Å². The van der Waals surface area contributed by atoms with Gasteiger partial charge in [-0.05, 0) is 24.3 Å². The molecule has 2 aromatic rings. The van der Waals surface area contributed by atoms with Gasteiger partial charge >= 0.3 is 0 Å². The lowest BCUT2D eigenvalue weighted by Gasteiger charge is -2.37. The lowest BCUT2D eigenvalue weighted by Crippen LogP contribution is -2.50. The van der Waals surface area contributed by atoms with Crippen molar-refractivity contribution in [3.63, 3.8) is 0 Å². The molecule has 28 heavy (non-hydrogen) atoms. The first-order chi connectivity index (χ1) is 13.2. The lowest BCUT2D eigenvalue weighted by atomic mass is 10.2. The van der Waals surface area contributed by atoms with E-state index < -0.39 is 6.10 Å². The molecule has 4 rings (SSSR count). The van der Waals surface area contributed by atoms with Gasteiger partial charge in [0.05, 0.1) is 30.6 Å². The van der Waals surface area contributed by atoms with Gasteiger partial charge in [0.1, 0.15) is 0 Å². The second-order valence-electron chi connectivity index (χ2n) is 7.17. The summed E-state index contributed by atoms with van der Waals surface area (Å²) in [4.78, 5) is 9.34. The van der Waals surface area contributed by atoms with Crippen LogP contribution in [-0.2, 0) is 0 Å². The highest BCUT2D eigenvalue weighted by Crippen LogP contribution is 2.47. The van der Waals surface area contributed by atoms with Crippen molar-refractivity contribution < 1.29 is 10.2 Å². The minimum atomic E-state index is -0.418. The van der Waals surface area contributed by atoms with Crippen molar-refractivity contribution in [2.45, 2.75) is 15.9 Å². The summed E-state index contributed by atoms with van der Waals surface area (Å²) in [6.07, 6.45) is -0.418. The quantitative estimate of drug-likeness (QED) is 0.747. The fourth-order valence-electron chi connectivity index (χ4n) is 3.88. The zero-order chi connectivity index (χ0) is 18.6. The Balaban J connectivity index is 0.00000225. The third-order valence-electron chi connectivity index (χ3n) is 5.28. The number of benzene rings is 2. The van der Waals surface area contributed by atoms with Gasteiger partial charge < -0.3 is 15.1 Å². The van der Waals surface area contributed by atoms with E-state index in [0.29, 0.717) is 13.1 Å². The Morgan fingerprint density at radius 2 is 1.36 bits per heavy atom. The number of hydrogen-bond acceptors (Lipinski definition) is 6. The highest BCUT2D eigenvalue weighted by molar-refractivity contribution is 7.99. The normalized spacial score (nSPS) is 18.1. The summed E-state index contributed by atoms with van der Waals surface area (Å²) in [5, 5.41) is 19.9. The second-order valence-corrected chi connectivity index (χ2v) is 8.25. The van der Waals surface area contributed by atoms with Gasteiger partial charge in [-0.3, -0.25) is 9.80 Å². The van der Waals surface area contributed by atoms with Gasteiger partial charge in [-0.2, -0.15) is 0 Å². The predicted molar refractivity (Wildman–Crippen MR) is 117 cm³/mol. The molecule has 1 unspecified atom stereocenters. The Morgan fingerprint density at radius 1 is 0.821 bits per heavy atom. The molecule has 0 bridgehead atoms. The van der Waals surface area contributed by atoms with Crippen molar-refractivity contribution in [1.82, 2.24) is 9.80 Å². The number of fused-ring (bicyclic) bond motifs is 2. The van der Waals surface area contributed by atoms with Crippen LogP contribution in [0.4, 0.5) is 11.4 Å². The maximum absolute atomic E-state index is 10.8. The Kier molecular flexibility index (Phi) is 7.62. The summed E-state index contributed by atoms with van der Waals surface area (Å²) in [5.74, 6) is 0. The number of β-amino-alcohol motifs (C(OH)–C–C–N with tert-alkyl or cyclic N) is 2. The first-order valence-corrected chi connectivity index (χ1v) is 10.4. The van der Waals surface area contributed by atoms with Crippen molar-refractivity contribution in [3.8, 4) is 0 Å². The molecule has 2 aliphatic heterocycles. The summed E-state index contributed by atoms with van der Waals surface area (Å²) in [6.45, 7) is 6.04. The number of rotatable bonds is 6. The van der Waals surface area contributed by atoms with Crippen LogP contribution in [0.15, 0.2) is 58.3 Å². The number of anilines is 2. The van der Waals surface area contributed by atoms with Crippen LogP contribution in [0, 0.1) is 0 Å². The third kappa shape index (κ3) is 4.82. The summed E-state index contributed by atoms with van der Waals surface area (Å²) in [6, 6.07) is 16.8. The van der Waals surface area contributed by atoms with Gasteiger partial charge in [0.2, 0.25) is 0 Å². The van der Waals surface area contributed by atoms with Crippen LogP contribution in [0.1, 0.15) is 0 Å². The van der Waals surface area contributed by atoms with Crippen LogP contribution in [0.3, 0.4) is 0 Å². The number of piperazine rings is 1. The van der Waals surface area contributed by atoms with E-state index in [2.05, 4.69) is 63.2 Å². The molecule has 1 fully saturated rings. The largest absolute Gasteiger partial charge is 0.395 e. The van der Waals surface area contributed by atoms with Crippen molar-refractivity contribution >= 4 is 35.5 Å². The van der Waals surface area contributed by atoms with E-state index in [-0.39, 0.29) is 19.0 Å². The molecule has 7 heteroatoms. The van der Waals surface area contributed by atoms with Crippen LogP contribution in [0.25, 0.3) is 0 Å². The van der Waals surface area contributed by atoms with Gasteiger partial charge in [-0.25, -0.2) is 0 Å². The molecular formula is C21H28ClN3O2S. The zero-order valence-electron chi connectivity index (χ0n) is 15.9. The SMILES string of the molecule is Cl.OCCN1CCN(CC(O)CN2c3ccccc3Sc3ccccc32)CC1. The lowest BCUT2D eigenvalue weighted by molar-refractivity contribution is 0.0695. The van der Waals surface area contributed by atoms with Crippen LogP contribution in [0.2, 0.25) is 0 Å². The van der Waals surface area contributed by atoms with E-state index in [1.54, 1.807) is 11.8 Å². The minimum Gasteiger partial charge on any atom is -0.395 e. The summed E-state index contributed by atoms with van der Waals surface area (Å²) in [7, 11) is 0. The van der Waals surface area contributed by atoms with E-state index in [1.165, 1.54) is 21.2 Å². The Bertz CT molecular complexity index is 725. The molecule has 0 saturated carbocycles. The summed E-state index contributed by atoms with van der Waals surface area (Å²) in [5.41, 5.74) is 2.35. The standard InChI is InChI=1S/C21H27N3O2S.ClH/c25-14-13-22-9-11-23(12-10-22)15-17(26)16-24-18-5-1-3-7-20(18)27-21-8-4-2-6-19(21)24;/h1-8,17,25-26H,9-16H2;1H. The number of aliphatic hydroxyl groups is 2. The Morgan fingerprint density at radius 3 is 1.93 bits per heavy atom. The molecule has 0 amide bonds. The average molecular weight is 422 g/mol. The number of hydrogen-bond donors (Lipinski definition) is 2. The van der Waals surface area contributed by atoms with Crippen LogP contribution >= 0.6 is 24.2 Å². The van der Waals surface area contributed by atoms with Gasteiger partial charge in [0.15, 0.2) is 0 Å². The van der Waals surface area contributed by atoms with Gasteiger partial charge in [0.25, 0.3) is 0 Å². The fraction of sp³-hybridized carbons (Fsp3) is 0.429. The topological polar surface area (TPSA) is 50.2 Å². The Labute approximate surface area is 177 Å². The maximum atomic E-state index is 10.8. The molecule has 152 valence electrons. The molecule has 5 nitrogen and oxygen atoms in total. The van der Waals surface area contributed by atoms with Gasteiger partial charge in [-0.15, -0.1) is 12.4 Å². The predicted octanol–water partition coefficient (Wildman–Crippen LogP) is 2.68. The van der Waals surface area contributed by atoms with E-state index in [1.807, 2.05) is 0 Å². The van der Waals surface area contributed by atoms with E-state index >= 15 is 0 Å². The van der Waals surface area contributed by atoms with Gasteiger partial charge in [-0.1, -0.05) is 36.0 Å². The number of aliphatic hydroxyl groups excluding tert-OH is 2. The van der Waals surface area contributed by atoms with Crippen molar-refractivity contribution in [3.05, 3.63) is 48.5 Å². The van der Waals surface area contributed by atoms with Crippen LogP contribution < -0.4 is 4.90 Å². The smallest absolute Gasteiger partial charge is 0.0845 e. The first-order valence-electron chi connectivity index (χ1n) is 9.61. The molecule has 2 heterocycles. The number of para-hydroxylation sites is 2. The molecule has 2 aliphatic rings. The molecule has 1 saturated heterocycles. The van der Waals surface area contributed by atoms with E-state index in [9.17, 15) is 5.11 Å². The molecule has 0 radical (unpaired) electrons. The number of halogens is 1. The van der Waals surface area contributed by atoms with E-state index in [4.69, 9.17) is 5.11 Å². The Hall–Kier alpha value is -1.28. The number of nitrogens with zero attached hydrogens (tertiary/aromatic N) is 3. The monoisotopic (exact) mass is 421 g/mol. The van der Waals surface area contributed by atoms with Crippen molar-refractivity contribution in [1.29, 1.82) is 0 Å². The van der Waals surface area contributed by atoms with E-state index in [0.717, 1.165) is 32.7 Å². The van der Waals surface area contributed by atoms with Crippen molar-refractivity contribution in [2.75, 3.05) is 57.3 Å². The highest BCUT2D eigenvalue weighted by atomic mass is 35.5. The fourth-order valence-corrected chi connectivity index (χ4v) is 4.98. The molecule has 0 spiro atoms. The summed E-state index contributed by atoms with van der Waals surface area (Å²) >= 11 is 1.79. The highest BCUT2D eigenvalue weighted by Gasteiger charge is 2.26. The molecular weight excluding hydrogens is 394 g/mol. The van der Waals surface area contributed by atoms with Crippen LogP contribution in [0.5, 0.6) is 0 Å². The van der Waals surface area contributed by atoms with Gasteiger partial charge in [0, 0.05) is 49.1 Å². The van der Waals surface area contributed by atoms with Crippen molar-refractivity contribution in [2.24, 2.45) is 0 Å². The zero-order valence-corrected chi connectivity index (χ0v) is 17.5. The summed E-state index contributed by atoms with van der Waals surface area (Å²) < 4.78 is 0. The maximum Gasteiger partial charge on any atom is 0.0845 e. The molecule has 2 aromatic carbocycles. The minimum absolute atomic E-state index is 0. The molecule has 0 aliphatic carbocycles. The molecule has 0 aromatic heterocycles. The first kappa shape index (κ1) is 21.4.